The van der Waals surface area contributed by atoms with Gasteiger partial charge in [-0.05, 0) is 24.4 Å². The standard InChI is InChI=1S/C14H23NOS/c1-12(14-7-5-4-6-8-14)11-15-10-9-13(2)17(3)16/h4-8,12-13,15H,9-11H2,1-3H3. The highest BCUT2D eigenvalue weighted by molar-refractivity contribution is 7.84. The fourth-order valence-corrected chi connectivity index (χ4v) is 2.14. The van der Waals surface area contributed by atoms with Crippen molar-refractivity contribution in [3.05, 3.63) is 35.9 Å². The predicted octanol–water partition coefficient (Wildman–Crippen LogP) is 2.54. The van der Waals surface area contributed by atoms with Crippen molar-refractivity contribution >= 4 is 10.8 Å². The van der Waals surface area contributed by atoms with Gasteiger partial charge in [-0.2, -0.15) is 0 Å². The Kier molecular flexibility index (Phi) is 6.45. The lowest BCUT2D eigenvalue weighted by molar-refractivity contribution is 0.589. The summed E-state index contributed by atoms with van der Waals surface area (Å²) in [5.74, 6) is 0.527. The maximum atomic E-state index is 11.2. The summed E-state index contributed by atoms with van der Waals surface area (Å²) < 4.78 is 11.2. The SMILES string of the molecule is CC(CNCCC(C)S(C)=O)c1ccccc1. The molecule has 0 fully saturated rings. The first-order valence-corrected chi connectivity index (χ1v) is 7.81. The molecule has 2 nitrogen and oxygen atoms in total. The van der Waals surface area contributed by atoms with Crippen molar-refractivity contribution < 1.29 is 4.21 Å². The van der Waals surface area contributed by atoms with Crippen LogP contribution in [0.15, 0.2) is 30.3 Å². The van der Waals surface area contributed by atoms with Gasteiger partial charge in [0.05, 0.1) is 0 Å². The van der Waals surface area contributed by atoms with Crippen molar-refractivity contribution in [3.8, 4) is 0 Å². The molecular formula is C14H23NOS. The molecule has 0 aliphatic heterocycles. The van der Waals surface area contributed by atoms with Crippen LogP contribution in [0.3, 0.4) is 0 Å². The van der Waals surface area contributed by atoms with E-state index in [1.54, 1.807) is 6.26 Å². The Bertz CT molecular complexity index is 339. The van der Waals surface area contributed by atoms with Crippen molar-refractivity contribution in [2.75, 3.05) is 19.3 Å². The third-order valence-electron chi connectivity index (χ3n) is 3.11. The summed E-state index contributed by atoms with van der Waals surface area (Å²) >= 11 is 0. The number of nitrogens with one attached hydrogen (secondary N) is 1. The van der Waals surface area contributed by atoms with Crippen LogP contribution in [-0.4, -0.2) is 28.8 Å². The van der Waals surface area contributed by atoms with Gasteiger partial charge < -0.3 is 5.32 Å². The first kappa shape index (κ1) is 14.4. The summed E-state index contributed by atoms with van der Waals surface area (Å²) in [7, 11) is -0.700. The Morgan fingerprint density at radius 2 is 1.88 bits per heavy atom. The lowest BCUT2D eigenvalue weighted by Gasteiger charge is -2.14. The monoisotopic (exact) mass is 253 g/mol. The normalized spacial score (nSPS) is 16.4. The minimum absolute atomic E-state index is 0.287. The molecule has 96 valence electrons. The third kappa shape index (κ3) is 5.46. The zero-order valence-electron chi connectivity index (χ0n) is 11.0. The highest BCUT2D eigenvalue weighted by atomic mass is 32.2. The van der Waals surface area contributed by atoms with Crippen molar-refractivity contribution in [1.29, 1.82) is 0 Å². The van der Waals surface area contributed by atoms with Crippen molar-refractivity contribution in [1.82, 2.24) is 5.32 Å². The molecule has 1 N–H and O–H groups in total. The molecule has 0 spiro atoms. The van der Waals surface area contributed by atoms with E-state index in [1.165, 1.54) is 5.56 Å². The summed E-state index contributed by atoms with van der Waals surface area (Å²) in [5, 5.41) is 3.72. The van der Waals surface area contributed by atoms with Crippen LogP contribution in [-0.2, 0) is 10.8 Å². The second-order valence-electron chi connectivity index (χ2n) is 4.61. The second-order valence-corrected chi connectivity index (χ2v) is 6.42. The average molecular weight is 253 g/mol. The smallest absolute Gasteiger partial charge is 0.0329 e. The first-order valence-electron chi connectivity index (χ1n) is 6.19. The minimum atomic E-state index is -0.700. The average Bonchev–Trinajstić information content (AvgIpc) is 2.35. The molecule has 1 aromatic carbocycles. The molecule has 0 radical (unpaired) electrons. The number of hydrogen-bond donors (Lipinski definition) is 1. The van der Waals surface area contributed by atoms with E-state index in [-0.39, 0.29) is 5.25 Å². The van der Waals surface area contributed by atoms with Gasteiger partial charge in [-0.1, -0.05) is 44.2 Å². The van der Waals surface area contributed by atoms with Crippen LogP contribution in [0, 0.1) is 0 Å². The Labute approximate surface area is 107 Å². The molecule has 1 aromatic rings. The molecular weight excluding hydrogens is 230 g/mol. The quantitative estimate of drug-likeness (QED) is 0.757. The molecule has 0 saturated carbocycles. The van der Waals surface area contributed by atoms with Crippen LogP contribution in [0.2, 0.25) is 0 Å². The lowest BCUT2D eigenvalue weighted by Crippen LogP contribution is -2.24. The molecule has 3 atom stereocenters. The van der Waals surface area contributed by atoms with Gasteiger partial charge in [-0.25, -0.2) is 0 Å². The topological polar surface area (TPSA) is 29.1 Å². The van der Waals surface area contributed by atoms with E-state index in [4.69, 9.17) is 0 Å². The zero-order valence-corrected chi connectivity index (χ0v) is 11.8. The van der Waals surface area contributed by atoms with Gasteiger partial charge in [0.25, 0.3) is 0 Å². The van der Waals surface area contributed by atoms with E-state index in [0.29, 0.717) is 5.92 Å². The fourth-order valence-electron chi connectivity index (χ4n) is 1.69. The fraction of sp³-hybridized carbons (Fsp3) is 0.571. The Balaban J connectivity index is 2.21. The van der Waals surface area contributed by atoms with E-state index < -0.39 is 10.8 Å². The zero-order chi connectivity index (χ0) is 12.7. The van der Waals surface area contributed by atoms with Crippen LogP contribution in [0.1, 0.15) is 31.7 Å². The van der Waals surface area contributed by atoms with Crippen LogP contribution in [0.4, 0.5) is 0 Å². The second kappa shape index (κ2) is 7.62. The Morgan fingerprint density at radius 3 is 2.47 bits per heavy atom. The lowest BCUT2D eigenvalue weighted by atomic mass is 10.0. The summed E-state index contributed by atoms with van der Waals surface area (Å²) in [6, 6.07) is 10.5. The van der Waals surface area contributed by atoms with Crippen LogP contribution in [0.25, 0.3) is 0 Å². The number of rotatable bonds is 7. The van der Waals surface area contributed by atoms with Crippen LogP contribution >= 0.6 is 0 Å². The molecule has 0 saturated heterocycles. The van der Waals surface area contributed by atoms with E-state index in [9.17, 15) is 4.21 Å². The third-order valence-corrected chi connectivity index (χ3v) is 4.48. The summed E-state index contributed by atoms with van der Waals surface area (Å²) in [5.41, 5.74) is 1.37. The van der Waals surface area contributed by atoms with E-state index in [1.807, 2.05) is 13.0 Å². The molecule has 0 amide bonds. The van der Waals surface area contributed by atoms with Gasteiger partial charge in [0.1, 0.15) is 0 Å². The van der Waals surface area contributed by atoms with Gasteiger partial charge in [-0.3, -0.25) is 4.21 Å². The van der Waals surface area contributed by atoms with Gasteiger partial charge >= 0.3 is 0 Å². The molecule has 3 heteroatoms. The van der Waals surface area contributed by atoms with Crippen molar-refractivity contribution in [2.24, 2.45) is 0 Å². The summed E-state index contributed by atoms with van der Waals surface area (Å²) in [6.07, 6.45) is 2.75. The molecule has 0 aromatic heterocycles. The molecule has 1 rings (SSSR count). The highest BCUT2D eigenvalue weighted by Gasteiger charge is 2.07. The largest absolute Gasteiger partial charge is 0.316 e. The predicted molar refractivity (Wildman–Crippen MR) is 75.9 cm³/mol. The van der Waals surface area contributed by atoms with E-state index >= 15 is 0 Å². The van der Waals surface area contributed by atoms with Gasteiger partial charge in [0.15, 0.2) is 0 Å². The van der Waals surface area contributed by atoms with Gasteiger partial charge in [-0.15, -0.1) is 0 Å². The molecule has 0 aliphatic carbocycles. The molecule has 0 heterocycles. The Morgan fingerprint density at radius 1 is 1.24 bits per heavy atom. The Hall–Kier alpha value is -0.670. The van der Waals surface area contributed by atoms with E-state index in [2.05, 4.69) is 36.5 Å². The molecule has 0 bridgehead atoms. The summed E-state index contributed by atoms with van der Waals surface area (Å²) in [6.45, 7) is 6.19. The van der Waals surface area contributed by atoms with Crippen molar-refractivity contribution in [2.45, 2.75) is 31.4 Å². The molecule has 17 heavy (non-hydrogen) atoms. The maximum Gasteiger partial charge on any atom is 0.0329 e. The van der Waals surface area contributed by atoms with Crippen LogP contribution in [0.5, 0.6) is 0 Å². The highest BCUT2D eigenvalue weighted by Crippen LogP contribution is 2.12. The summed E-state index contributed by atoms with van der Waals surface area (Å²) in [4.78, 5) is 0. The number of benzene rings is 1. The van der Waals surface area contributed by atoms with Crippen molar-refractivity contribution in [3.63, 3.8) is 0 Å². The number of hydrogen-bond acceptors (Lipinski definition) is 2. The van der Waals surface area contributed by atoms with E-state index in [0.717, 1.165) is 19.5 Å². The first-order chi connectivity index (χ1) is 8.11. The molecule has 3 unspecified atom stereocenters. The van der Waals surface area contributed by atoms with Gasteiger partial charge in [0.2, 0.25) is 0 Å². The van der Waals surface area contributed by atoms with Gasteiger partial charge in [0, 0.05) is 28.9 Å². The maximum absolute atomic E-state index is 11.2. The minimum Gasteiger partial charge on any atom is -0.316 e. The van der Waals surface area contributed by atoms with Crippen LogP contribution < -0.4 is 5.32 Å². The molecule has 0 aliphatic rings.